The number of hydrogen-bond acceptors (Lipinski definition) is 10. The van der Waals surface area contributed by atoms with Crippen LogP contribution in [0.4, 0.5) is 9.59 Å². The number of allylic oxidation sites excluding steroid dienone is 1. The molecular formula is C46H58ClN7O8. The Kier molecular flexibility index (Phi) is 13.2. The molecule has 4 aliphatic rings. The molecule has 62 heavy (non-hydrogen) atoms. The van der Waals surface area contributed by atoms with Gasteiger partial charge in [0, 0.05) is 53.5 Å². The minimum Gasteiger partial charge on any atom is -0.492 e. The molecule has 15 nitrogen and oxygen atoms in total. The molecule has 3 N–H and O–H groups in total. The second-order valence-corrected chi connectivity index (χ2v) is 18.4. The van der Waals surface area contributed by atoms with Gasteiger partial charge in [0.2, 0.25) is 11.8 Å². The van der Waals surface area contributed by atoms with Crippen LogP contribution in [0.1, 0.15) is 91.1 Å². The zero-order valence-electron chi connectivity index (χ0n) is 36.8. The Morgan fingerprint density at radius 1 is 0.806 bits per heavy atom. The maximum absolute atomic E-state index is 13.8. The van der Waals surface area contributed by atoms with Crippen molar-refractivity contribution in [2.75, 3.05) is 40.5 Å². The Morgan fingerprint density at radius 3 is 1.87 bits per heavy atom. The number of aromatic amines is 1. The summed E-state index contributed by atoms with van der Waals surface area (Å²) in [4.78, 5) is 68.4. The molecule has 0 spiro atoms. The Morgan fingerprint density at radius 2 is 1.32 bits per heavy atom. The molecule has 0 saturated carbocycles. The lowest BCUT2D eigenvalue weighted by molar-refractivity contribution is -0.135. The van der Waals surface area contributed by atoms with Gasteiger partial charge in [-0.05, 0) is 72.9 Å². The lowest BCUT2D eigenvalue weighted by Gasteiger charge is -2.31. The standard InChI is InChI=1S/C46H58ClN7O8/c1-25(2)37(50-44(57)59-7)42(55)53-17-9-11-33(53)32-19-29(22-48-32)27-13-15-30-31-16-14-28(21-36(31)62-24-46(5,6)23-61-35(30)20-27)39-40(47)52-41(49-39)34-12-10-18-54(34)43(56)38(26(3)4)51-45(58)60-8/h13-16,20-22,25-26,33-34,37-38H,9-12,17-19,23-24H2,1-8H3,(H,49,52)(H,50,57)(H,51,58)/t33-,34-,37-,38-/m0/s1. The maximum atomic E-state index is 13.8. The number of imidazole rings is 1. The van der Waals surface area contributed by atoms with Crippen LogP contribution in [-0.4, -0.2) is 108 Å². The quantitative estimate of drug-likeness (QED) is 0.184. The number of likely N-dealkylation sites (tertiary alicyclic amines) is 2. The van der Waals surface area contributed by atoms with Gasteiger partial charge in [-0.15, -0.1) is 0 Å². The van der Waals surface area contributed by atoms with E-state index in [0.717, 1.165) is 52.8 Å². The summed E-state index contributed by atoms with van der Waals surface area (Å²) in [6.07, 6.45) is 4.31. The van der Waals surface area contributed by atoms with Gasteiger partial charge in [-0.25, -0.2) is 14.6 Å². The number of benzene rings is 2. The predicted octanol–water partition coefficient (Wildman–Crippen LogP) is 7.80. The molecule has 2 aromatic carbocycles. The van der Waals surface area contributed by atoms with Crippen molar-refractivity contribution in [3.05, 3.63) is 59.1 Å². The first-order chi connectivity index (χ1) is 29.6. The van der Waals surface area contributed by atoms with Gasteiger partial charge in [0.25, 0.3) is 0 Å². The van der Waals surface area contributed by atoms with Crippen LogP contribution in [0.15, 0.2) is 47.6 Å². The number of aliphatic imine (C=N–C) groups is 1. The Hall–Kier alpha value is -5.57. The molecule has 4 atom stereocenters. The number of carbonyl (C=O) groups excluding carboxylic acids is 4. The number of aromatic nitrogens is 2. The summed E-state index contributed by atoms with van der Waals surface area (Å²) in [6.45, 7) is 13.7. The van der Waals surface area contributed by atoms with Gasteiger partial charge in [0.05, 0.1) is 39.5 Å². The van der Waals surface area contributed by atoms with E-state index in [1.807, 2.05) is 63.1 Å². The largest absolute Gasteiger partial charge is 0.492 e. The molecule has 2 saturated heterocycles. The highest BCUT2D eigenvalue weighted by molar-refractivity contribution is 6.32. The third-order valence-electron chi connectivity index (χ3n) is 12.1. The summed E-state index contributed by atoms with van der Waals surface area (Å²) in [5, 5.41) is 5.76. The van der Waals surface area contributed by atoms with Crippen molar-refractivity contribution in [3.63, 3.8) is 0 Å². The van der Waals surface area contributed by atoms with E-state index in [1.54, 1.807) is 4.90 Å². The van der Waals surface area contributed by atoms with Crippen LogP contribution in [0.5, 0.6) is 11.5 Å². The monoisotopic (exact) mass is 871 g/mol. The number of carbonyl (C=O) groups is 4. The molecule has 3 aromatic rings. The molecule has 16 heteroatoms. The lowest BCUT2D eigenvalue weighted by Crippen LogP contribution is -2.53. The van der Waals surface area contributed by atoms with Crippen LogP contribution in [0.2, 0.25) is 5.15 Å². The van der Waals surface area contributed by atoms with E-state index in [-0.39, 0.29) is 41.1 Å². The van der Waals surface area contributed by atoms with Crippen molar-refractivity contribution >= 4 is 46.9 Å². The van der Waals surface area contributed by atoms with E-state index < -0.39 is 24.3 Å². The maximum Gasteiger partial charge on any atom is 0.407 e. The Bertz CT molecular complexity index is 2270. The summed E-state index contributed by atoms with van der Waals surface area (Å²) < 4.78 is 22.7. The third kappa shape index (κ3) is 9.28. The summed E-state index contributed by atoms with van der Waals surface area (Å²) in [5.41, 5.74) is 5.58. The van der Waals surface area contributed by atoms with Crippen LogP contribution >= 0.6 is 11.6 Å². The average Bonchev–Trinajstić information content (AvgIpc) is 4.09. The van der Waals surface area contributed by atoms with E-state index in [9.17, 15) is 19.2 Å². The summed E-state index contributed by atoms with van der Waals surface area (Å²) in [6, 6.07) is 10.1. The van der Waals surface area contributed by atoms with Crippen molar-refractivity contribution in [1.29, 1.82) is 0 Å². The van der Waals surface area contributed by atoms with Gasteiger partial charge in [-0.3, -0.25) is 14.6 Å². The molecule has 2 fully saturated rings. The van der Waals surface area contributed by atoms with Crippen molar-refractivity contribution in [2.45, 2.75) is 97.8 Å². The van der Waals surface area contributed by atoms with Gasteiger partial charge < -0.3 is 44.4 Å². The first-order valence-electron chi connectivity index (χ1n) is 21.4. The number of nitrogens with zero attached hydrogens (tertiary/aromatic N) is 4. The topological polar surface area (TPSA) is 177 Å². The number of halogens is 1. The van der Waals surface area contributed by atoms with Crippen LogP contribution < -0.4 is 20.1 Å². The minimum absolute atomic E-state index is 0.118. The molecule has 0 bridgehead atoms. The smallest absolute Gasteiger partial charge is 0.407 e. The summed E-state index contributed by atoms with van der Waals surface area (Å²) in [5.74, 6) is 1.33. The van der Waals surface area contributed by atoms with E-state index in [0.29, 0.717) is 67.3 Å². The van der Waals surface area contributed by atoms with Gasteiger partial charge in [-0.1, -0.05) is 65.3 Å². The van der Waals surface area contributed by atoms with Crippen molar-refractivity contribution in [2.24, 2.45) is 22.2 Å². The van der Waals surface area contributed by atoms with Crippen LogP contribution in [0, 0.1) is 17.3 Å². The van der Waals surface area contributed by atoms with E-state index >= 15 is 0 Å². The highest BCUT2D eigenvalue weighted by Crippen LogP contribution is 2.44. The fraction of sp³-hybridized carbons (Fsp3) is 0.522. The lowest BCUT2D eigenvalue weighted by atomic mass is 9.94. The number of nitrogens with one attached hydrogen (secondary N) is 3. The van der Waals surface area contributed by atoms with E-state index in [4.69, 9.17) is 40.5 Å². The number of methoxy groups -OCH3 is 2. The highest BCUT2D eigenvalue weighted by atomic mass is 35.5. The summed E-state index contributed by atoms with van der Waals surface area (Å²) >= 11 is 6.87. The van der Waals surface area contributed by atoms with Gasteiger partial charge in [0.15, 0.2) is 0 Å². The number of H-pyrrole nitrogens is 1. The number of hydrogen-bond donors (Lipinski definition) is 3. The third-order valence-corrected chi connectivity index (χ3v) is 12.4. The van der Waals surface area contributed by atoms with Crippen molar-refractivity contribution < 1.29 is 38.1 Å². The number of alkyl carbamates (subject to hydrolysis) is 2. The second-order valence-electron chi connectivity index (χ2n) is 18.0. The van der Waals surface area contributed by atoms with Gasteiger partial charge in [0.1, 0.15) is 40.3 Å². The minimum atomic E-state index is -0.752. The fourth-order valence-electron chi connectivity index (χ4n) is 8.66. The molecule has 0 unspecified atom stereocenters. The Labute approximate surface area is 367 Å². The first-order valence-corrected chi connectivity index (χ1v) is 21.8. The fourth-order valence-corrected chi connectivity index (χ4v) is 8.91. The summed E-state index contributed by atoms with van der Waals surface area (Å²) in [7, 11) is 2.57. The second kappa shape index (κ2) is 18.4. The predicted molar refractivity (Wildman–Crippen MR) is 236 cm³/mol. The molecular weight excluding hydrogens is 814 g/mol. The average molecular weight is 872 g/mol. The molecule has 0 aliphatic carbocycles. The van der Waals surface area contributed by atoms with Crippen LogP contribution in [0.3, 0.4) is 0 Å². The number of ether oxygens (including phenoxy) is 4. The van der Waals surface area contributed by atoms with Crippen molar-refractivity contribution in [1.82, 2.24) is 30.4 Å². The molecule has 0 radical (unpaired) electrons. The molecule has 4 amide bonds. The van der Waals surface area contributed by atoms with Crippen LogP contribution in [-0.2, 0) is 19.1 Å². The molecule has 1 aromatic heterocycles. The zero-order valence-corrected chi connectivity index (χ0v) is 37.6. The SMILES string of the molecule is COC(=O)N[C@H](C(=O)N1CCC[C@H]1C1=NC=C(c2ccc3c(c2)OCC(C)(C)COc2cc(-c4nc([C@@H]5CCCN5C(=O)[C@@H](NC(=O)OC)C(C)C)[nH]c4Cl)ccc2-3)C1)C(C)C. The normalized spacial score (nSPS) is 20.4. The van der Waals surface area contributed by atoms with E-state index in [2.05, 4.69) is 41.6 Å². The van der Waals surface area contributed by atoms with Crippen LogP contribution in [0.25, 0.3) is 28.0 Å². The van der Waals surface area contributed by atoms with Crippen molar-refractivity contribution in [3.8, 4) is 33.9 Å². The van der Waals surface area contributed by atoms with E-state index in [1.165, 1.54) is 14.2 Å². The molecule has 7 rings (SSSR count). The van der Waals surface area contributed by atoms with Gasteiger partial charge in [-0.2, -0.15) is 0 Å². The van der Waals surface area contributed by atoms with Gasteiger partial charge >= 0.3 is 12.2 Å². The zero-order chi connectivity index (χ0) is 44.5. The molecule has 4 aliphatic heterocycles. The number of rotatable bonds is 10. The highest BCUT2D eigenvalue weighted by Gasteiger charge is 2.40. The number of fused-ring (bicyclic) bond motifs is 3. The molecule has 332 valence electrons. The molecule has 5 heterocycles. The Balaban J connectivity index is 1.12. The number of amides is 4. The first kappa shape index (κ1) is 44.5.